The van der Waals surface area contributed by atoms with Crippen LogP contribution in [0.15, 0.2) is 18.2 Å². The molecule has 1 N–H and O–H groups in total. The van der Waals surface area contributed by atoms with Gasteiger partial charge >= 0.3 is 0 Å². The van der Waals surface area contributed by atoms with Crippen LogP contribution in [0.5, 0.6) is 0 Å². The molecule has 0 saturated carbocycles. The van der Waals surface area contributed by atoms with Crippen LogP contribution in [0.3, 0.4) is 0 Å². The fraction of sp³-hybridized carbons (Fsp3) is 0.625. The van der Waals surface area contributed by atoms with Gasteiger partial charge in [-0.2, -0.15) is 0 Å². The van der Waals surface area contributed by atoms with Crippen molar-refractivity contribution in [2.75, 3.05) is 6.61 Å². The lowest BCUT2D eigenvalue weighted by Gasteiger charge is -2.33. The predicted octanol–water partition coefficient (Wildman–Crippen LogP) is 3.41. The van der Waals surface area contributed by atoms with E-state index in [1.165, 1.54) is 16.7 Å². The van der Waals surface area contributed by atoms with E-state index in [-0.39, 0.29) is 0 Å². The first-order valence-electron chi connectivity index (χ1n) is 6.81. The van der Waals surface area contributed by atoms with E-state index in [0.29, 0.717) is 13.0 Å². The van der Waals surface area contributed by atoms with Crippen LogP contribution in [0.25, 0.3) is 0 Å². The Morgan fingerprint density at radius 1 is 1.28 bits per heavy atom. The molecule has 18 heavy (non-hydrogen) atoms. The number of aryl methyl sites for hydroxylation is 2. The van der Waals surface area contributed by atoms with Crippen molar-refractivity contribution in [2.24, 2.45) is 0 Å². The first-order chi connectivity index (χ1) is 8.42. The Morgan fingerprint density at radius 3 is 2.50 bits per heavy atom. The molecular formula is C16H26O2. The van der Waals surface area contributed by atoms with Crippen molar-refractivity contribution in [2.45, 2.75) is 59.2 Å². The van der Waals surface area contributed by atoms with Crippen LogP contribution >= 0.6 is 0 Å². The molecule has 2 nitrogen and oxygen atoms in total. The van der Waals surface area contributed by atoms with Gasteiger partial charge in [0.2, 0.25) is 0 Å². The third-order valence-electron chi connectivity index (χ3n) is 3.80. The molecule has 1 rings (SSSR count). The van der Waals surface area contributed by atoms with Crippen LogP contribution in [0.1, 0.15) is 43.9 Å². The third-order valence-corrected chi connectivity index (χ3v) is 3.80. The van der Waals surface area contributed by atoms with Crippen molar-refractivity contribution in [1.82, 2.24) is 0 Å². The smallest absolute Gasteiger partial charge is 0.0912 e. The molecule has 0 spiro atoms. The zero-order chi connectivity index (χ0) is 13.8. The molecule has 0 amide bonds. The molecule has 102 valence electrons. The zero-order valence-electron chi connectivity index (χ0n) is 12.3. The molecule has 0 aliphatic rings. The maximum Gasteiger partial charge on any atom is 0.0912 e. The summed E-state index contributed by atoms with van der Waals surface area (Å²) in [5.41, 5.74) is 3.22. The average Bonchev–Trinajstić information content (AvgIpc) is 2.34. The van der Waals surface area contributed by atoms with Gasteiger partial charge in [0.05, 0.1) is 11.7 Å². The highest BCUT2D eigenvalue weighted by atomic mass is 16.5. The standard InChI is InChI=1S/C16H26O2/c1-6-16(5,18-7-2)15(17)11-14-10-12(3)8-9-13(14)4/h8-10,15,17H,6-7,11H2,1-5H3. The molecule has 2 unspecified atom stereocenters. The summed E-state index contributed by atoms with van der Waals surface area (Å²) in [5.74, 6) is 0. The Hall–Kier alpha value is -0.860. The highest BCUT2D eigenvalue weighted by Crippen LogP contribution is 2.24. The van der Waals surface area contributed by atoms with Crippen molar-refractivity contribution in [3.05, 3.63) is 34.9 Å². The average molecular weight is 250 g/mol. The molecule has 0 fully saturated rings. The summed E-state index contributed by atoms with van der Waals surface area (Å²) in [5, 5.41) is 10.4. The molecule has 1 aromatic rings. The molecule has 0 heterocycles. The topological polar surface area (TPSA) is 29.5 Å². The van der Waals surface area contributed by atoms with E-state index in [9.17, 15) is 5.11 Å². The molecule has 0 aromatic heterocycles. The van der Waals surface area contributed by atoms with E-state index in [0.717, 1.165) is 6.42 Å². The molecule has 0 saturated heterocycles. The number of hydrogen-bond acceptors (Lipinski definition) is 2. The summed E-state index contributed by atoms with van der Waals surface area (Å²) in [4.78, 5) is 0. The molecule has 0 aliphatic heterocycles. The predicted molar refractivity (Wildman–Crippen MR) is 75.9 cm³/mol. The Morgan fingerprint density at radius 2 is 1.94 bits per heavy atom. The molecule has 2 heteroatoms. The summed E-state index contributed by atoms with van der Waals surface area (Å²) in [7, 11) is 0. The highest BCUT2D eigenvalue weighted by molar-refractivity contribution is 5.31. The van der Waals surface area contributed by atoms with Crippen LogP contribution in [0.4, 0.5) is 0 Å². The maximum absolute atomic E-state index is 10.4. The Balaban J connectivity index is 2.85. The summed E-state index contributed by atoms with van der Waals surface area (Å²) in [6.45, 7) is 10.8. The Bertz CT molecular complexity index is 387. The Labute approximate surface area is 111 Å². The van der Waals surface area contributed by atoms with Crippen LogP contribution < -0.4 is 0 Å². The van der Waals surface area contributed by atoms with Gasteiger partial charge in [-0.1, -0.05) is 30.7 Å². The molecule has 2 atom stereocenters. The Kier molecular flexibility index (Phi) is 5.36. The molecule has 1 aromatic carbocycles. The SMILES string of the molecule is CCOC(C)(CC)C(O)Cc1cc(C)ccc1C. The van der Waals surface area contributed by atoms with E-state index < -0.39 is 11.7 Å². The van der Waals surface area contributed by atoms with Crippen LogP contribution in [-0.4, -0.2) is 23.4 Å². The third kappa shape index (κ3) is 3.56. The van der Waals surface area contributed by atoms with Gasteiger partial charge in [-0.3, -0.25) is 0 Å². The minimum Gasteiger partial charge on any atom is -0.390 e. The van der Waals surface area contributed by atoms with Gasteiger partial charge in [-0.05, 0) is 45.2 Å². The van der Waals surface area contributed by atoms with Gasteiger partial charge in [0.1, 0.15) is 0 Å². The van der Waals surface area contributed by atoms with E-state index in [4.69, 9.17) is 4.74 Å². The number of benzene rings is 1. The summed E-state index contributed by atoms with van der Waals surface area (Å²) in [6.07, 6.45) is 0.994. The summed E-state index contributed by atoms with van der Waals surface area (Å²) in [6, 6.07) is 6.37. The largest absolute Gasteiger partial charge is 0.390 e. The number of ether oxygens (including phenoxy) is 1. The monoisotopic (exact) mass is 250 g/mol. The van der Waals surface area contributed by atoms with Crippen LogP contribution in [-0.2, 0) is 11.2 Å². The first kappa shape index (κ1) is 15.2. The summed E-state index contributed by atoms with van der Waals surface area (Å²) >= 11 is 0. The lowest BCUT2D eigenvalue weighted by molar-refractivity contribution is -0.110. The molecule has 0 radical (unpaired) electrons. The second-order valence-electron chi connectivity index (χ2n) is 5.25. The van der Waals surface area contributed by atoms with Gasteiger partial charge < -0.3 is 9.84 Å². The van der Waals surface area contributed by atoms with Gasteiger partial charge in [0.15, 0.2) is 0 Å². The zero-order valence-corrected chi connectivity index (χ0v) is 12.3. The van der Waals surface area contributed by atoms with Gasteiger partial charge in [-0.25, -0.2) is 0 Å². The quantitative estimate of drug-likeness (QED) is 0.838. The van der Waals surface area contributed by atoms with Crippen LogP contribution in [0, 0.1) is 13.8 Å². The first-order valence-corrected chi connectivity index (χ1v) is 6.81. The van der Waals surface area contributed by atoms with E-state index >= 15 is 0 Å². The number of aliphatic hydroxyl groups is 1. The minimum absolute atomic E-state index is 0.453. The van der Waals surface area contributed by atoms with Gasteiger partial charge in [0.25, 0.3) is 0 Å². The number of rotatable bonds is 6. The number of aliphatic hydroxyl groups excluding tert-OH is 1. The van der Waals surface area contributed by atoms with Crippen LogP contribution in [0.2, 0.25) is 0 Å². The van der Waals surface area contributed by atoms with E-state index in [1.54, 1.807) is 0 Å². The number of hydrogen-bond donors (Lipinski definition) is 1. The van der Waals surface area contributed by atoms with Crippen molar-refractivity contribution < 1.29 is 9.84 Å². The second-order valence-corrected chi connectivity index (χ2v) is 5.25. The molecular weight excluding hydrogens is 224 g/mol. The lowest BCUT2D eigenvalue weighted by Crippen LogP contribution is -2.43. The van der Waals surface area contributed by atoms with Crippen molar-refractivity contribution in [1.29, 1.82) is 0 Å². The summed E-state index contributed by atoms with van der Waals surface area (Å²) < 4.78 is 5.73. The molecule has 0 aliphatic carbocycles. The van der Waals surface area contributed by atoms with E-state index in [2.05, 4.69) is 39.0 Å². The van der Waals surface area contributed by atoms with Gasteiger partial charge in [0, 0.05) is 13.0 Å². The van der Waals surface area contributed by atoms with Crippen molar-refractivity contribution in [3.8, 4) is 0 Å². The normalized spacial score (nSPS) is 16.3. The highest BCUT2D eigenvalue weighted by Gasteiger charge is 2.32. The van der Waals surface area contributed by atoms with Gasteiger partial charge in [-0.15, -0.1) is 0 Å². The molecule has 0 bridgehead atoms. The fourth-order valence-electron chi connectivity index (χ4n) is 2.21. The fourth-order valence-corrected chi connectivity index (χ4v) is 2.21. The maximum atomic E-state index is 10.4. The lowest BCUT2D eigenvalue weighted by atomic mass is 9.89. The van der Waals surface area contributed by atoms with Crippen molar-refractivity contribution >= 4 is 0 Å². The minimum atomic E-state index is -0.469. The van der Waals surface area contributed by atoms with Crippen molar-refractivity contribution in [3.63, 3.8) is 0 Å². The second kappa shape index (κ2) is 6.35. The van der Waals surface area contributed by atoms with E-state index in [1.807, 2.05) is 13.8 Å².